The van der Waals surface area contributed by atoms with Crippen LogP contribution in [0.25, 0.3) is 11.5 Å². The smallest absolute Gasteiger partial charge is 0.226 e. The van der Waals surface area contributed by atoms with E-state index in [4.69, 9.17) is 9.15 Å². The second-order valence-corrected chi connectivity index (χ2v) is 7.91. The summed E-state index contributed by atoms with van der Waals surface area (Å²) in [6.45, 7) is 6.13. The summed E-state index contributed by atoms with van der Waals surface area (Å²) >= 11 is 0. The van der Waals surface area contributed by atoms with Crippen LogP contribution in [0.15, 0.2) is 65.3 Å². The van der Waals surface area contributed by atoms with Crippen LogP contribution < -0.4 is 10.1 Å². The van der Waals surface area contributed by atoms with Gasteiger partial charge in [-0.25, -0.2) is 9.37 Å². The van der Waals surface area contributed by atoms with Crippen molar-refractivity contribution in [1.82, 2.24) is 10.3 Å². The second-order valence-electron chi connectivity index (χ2n) is 7.91. The Balaban J connectivity index is 1.62. The zero-order valence-corrected chi connectivity index (χ0v) is 16.8. The summed E-state index contributed by atoms with van der Waals surface area (Å²) in [5, 5.41) is 2.98. The minimum Gasteiger partial charge on any atom is -0.488 e. The lowest BCUT2D eigenvalue weighted by molar-refractivity contribution is -0.122. The van der Waals surface area contributed by atoms with E-state index in [2.05, 4.69) is 10.3 Å². The van der Waals surface area contributed by atoms with Gasteiger partial charge in [-0.2, -0.15) is 0 Å². The van der Waals surface area contributed by atoms with Crippen LogP contribution in [0, 0.1) is 11.2 Å². The molecule has 2 aromatic carbocycles. The van der Waals surface area contributed by atoms with Crippen LogP contribution in [0.3, 0.4) is 0 Å². The Morgan fingerprint density at radius 3 is 2.52 bits per heavy atom. The lowest BCUT2D eigenvalue weighted by Gasteiger charge is -2.31. The molecule has 29 heavy (non-hydrogen) atoms. The molecular formula is C23H25FN2O3. The van der Waals surface area contributed by atoms with Crippen molar-refractivity contribution in [1.29, 1.82) is 0 Å². The van der Waals surface area contributed by atoms with Crippen LogP contribution >= 0.6 is 0 Å². The fourth-order valence-corrected chi connectivity index (χ4v) is 2.75. The van der Waals surface area contributed by atoms with E-state index in [0.29, 0.717) is 11.6 Å². The molecule has 3 aromatic rings. The largest absolute Gasteiger partial charge is 0.488 e. The number of benzene rings is 2. The predicted octanol–water partition coefficient (Wildman–Crippen LogP) is 4.63. The predicted molar refractivity (Wildman–Crippen MR) is 109 cm³/mol. The molecule has 1 aromatic heterocycles. The van der Waals surface area contributed by atoms with Crippen molar-refractivity contribution >= 4 is 5.91 Å². The third kappa shape index (κ3) is 5.67. The normalized spacial score (nSPS) is 12.4. The molecule has 0 saturated heterocycles. The molecule has 1 atom stereocenters. The fourth-order valence-electron chi connectivity index (χ4n) is 2.75. The van der Waals surface area contributed by atoms with E-state index < -0.39 is 5.82 Å². The standard InChI is InChI=1S/C23H25FN2O3/c1-23(2,3)20(15-28-19-12-8-7-11-18(19)24)26-21(27)13-17-14-29-22(25-17)16-9-5-4-6-10-16/h4-12,14,20H,13,15H2,1-3H3,(H,26,27). The van der Waals surface area contributed by atoms with Crippen molar-refractivity contribution in [3.05, 3.63) is 72.4 Å². The highest BCUT2D eigenvalue weighted by atomic mass is 19.1. The number of amides is 1. The Morgan fingerprint density at radius 2 is 1.83 bits per heavy atom. The minimum absolute atomic E-state index is 0.0859. The molecule has 0 radical (unpaired) electrons. The van der Waals surface area contributed by atoms with Crippen LogP contribution in [-0.4, -0.2) is 23.5 Å². The van der Waals surface area contributed by atoms with E-state index in [1.807, 2.05) is 51.1 Å². The van der Waals surface area contributed by atoms with Crippen molar-refractivity contribution in [2.75, 3.05) is 6.61 Å². The van der Waals surface area contributed by atoms with Gasteiger partial charge in [0.1, 0.15) is 12.9 Å². The lowest BCUT2D eigenvalue weighted by atomic mass is 9.87. The molecule has 0 aliphatic rings. The topological polar surface area (TPSA) is 64.4 Å². The summed E-state index contributed by atoms with van der Waals surface area (Å²) in [6, 6.07) is 15.4. The summed E-state index contributed by atoms with van der Waals surface area (Å²) < 4.78 is 24.9. The number of aromatic nitrogens is 1. The van der Waals surface area contributed by atoms with Gasteiger partial charge in [0.05, 0.1) is 18.2 Å². The average molecular weight is 396 g/mol. The zero-order chi connectivity index (χ0) is 20.9. The number of nitrogens with zero attached hydrogens (tertiary/aromatic N) is 1. The number of rotatable bonds is 7. The van der Waals surface area contributed by atoms with Crippen LogP contribution in [0.2, 0.25) is 0 Å². The Kier molecular flexibility index (Phi) is 6.32. The third-order valence-electron chi connectivity index (χ3n) is 4.54. The molecule has 1 N–H and O–H groups in total. The number of ether oxygens (including phenoxy) is 1. The van der Waals surface area contributed by atoms with Gasteiger partial charge < -0.3 is 14.5 Å². The molecule has 0 aliphatic carbocycles. The second kappa shape index (κ2) is 8.90. The highest BCUT2D eigenvalue weighted by Gasteiger charge is 2.27. The van der Waals surface area contributed by atoms with Crippen LogP contribution in [0.1, 0.15) is 26.5 Å². The maximum absolute atomic E-state index is 13.8. The lowest BCUT2D eigenvalue weighted by Crippen LogP contribution is -2.48. The van der Waals surface area contributed by atoms with Crippen molar-refractivity contribution in [3.63, 3.8) is 0 Å². The average Bonchev–Trinajstić information content (AvgIpc) is 3.14. The van der Waals surface area contributed by atoms with Crippen LogP contribution in [-0.2, 0) is 11.2 Å². The van der Waals surface area contributed by atoms with Gasteiger partial charge in [0, 0.05) is 5.56 Å². The molecule has 5 nitrogen and oxygen atoms in total. The first kappa shape index (κ1) is 20.6. The quantitative estimate of drug-likeness (QED) is 0.632. The molecule has 0 fully saturated rings. The molecule has 3 rings (SSSR count). The summed E-state index contributed by atoms with van der Waals surface area (Å²) in [7, 11) is 0. The number of carbonyl (C=O) groups excluding carboxylic acids is 1. The molecule has 1 unspecified atom stereocenters. The molecule has 0 bridgehead atoms. The van der Waals surface area contributed by atoms with Gasteiger partial charge in [0.15, 0.2) is 11.6 Å². The van der Waals surface area contributed by atoms with E-state index in [0.717, 1.165) is 5.56 Å². The number of para-hydroxylation sites is 1. The van der Waals surface area contributed by atoms with E-state index in [1.165, 1.54) is 12.3 Å². The first-order chi connectivity index (χ1) is 13.8. The Labute approximate surface area is 169 Å². The number of halogens is 1. The summed E-state index contributed by atoms with van der Waals surface area (Å²) in [6.07, 6.45) is 1.58. The summed E-state index contributed by atoms with van der Waals surface area (Å²) in [5.41, 5.74) is 1.12. The minimum atomic E-state index is -0.428. The van der Waals surface area contributed by atoms with E-state index in [9.17, 15) is 9.18 Å². The maximum atomic E-state index is 13.8. The summed E-state index contributed by atoms with van der Waals surface area (Å²) in [5.74, 6) is 0.0150. The first-order valence-electron chi connectivity index (χ1n) is 9.49. The summed E-state index contributed by atoms with van der Waals surface area (Å²) in [4.78, 5) is 17.0. The zero-order valence-electron chi connectivity index (χ0n) is 16.8. The van der Waals surface area contributed by atoms with Crippen molar-refractivity contribution in [3.8, 4) is 17.2 Å². The molecule has 0 saturated carbocycles. The van der Waals surface area contributed by atoms with Crippen molar-refractivity contribution < 1.29 is 18.3 Å². The SMILES string of the molecule is CC(C)(C)C(COc1ccccc1F)NC(=O)Cc1coc(-c2ccccc2)n1. The van der Waals surface area contributed by atoms with E-state index >= 15 is 0 Å². The number of hydrogen-bond donors (Lipinski definition) is 1. The first-order valence-corrected chi connectivity index (χ1v) is 9.49. The maximum Gasteiger partial charge on any atom is 0.226 e. The monoisotopic (exact) mass is 396 g/mol. The number of hydrogen-bond acceptors (Lipinski definition) is 4. The number of carbonyl (C=O) groups is 1. The fraction of sp³-hybridized carbons (Fsp3) is 0.304. The van der Waals surface area contributed by atoms with E-state index in [1.54, 1.807) is 18.2 Å². The molecule has 152 valence electrons. The van der Waals surface area contributed by atoms with Crippen LogP contribution in [0.4, 0.5) is 4.39 Å². The van der Waals surface area contributed by atoms with Gasteiger partial charge in [-0.15, -0.1) is 0 Å². The van der Waals surface area contributed by atoms with E-state index in [-0.39, 0.29) is 36.1 Å². The van der Waals surface area contributed by atoms with Gasteiger partial charge in [-0.05, 0) is 29.7 Å². The highest BCUT2D eigenvalue weighted by Crippen LogP contribution is 2.23. The van der Waals surface area contributed by atoms with Gasteiger partial charge >= 0.3 is 0 Å². The number of oxazole rings is 1. The molecule has 6 heteroatoms. The van der Waals surface area contributed by atoms with Gasteiger partial charge in [0.25, 0.3) is 0 Å². The van der Waals surface area contributed by atoms with Gasteiger partial charge in [-0.1, -0.05) is 51.1 Å². The Morgan fingerprint density at radius 1 is 1.14 bits per heavy atom. The van der Waals surface area contributed by atoms with Gasteiger partial charge in [-0.3, -0.25) is 4.79 Å². The number of nitrogens with one attached hydrogen (secondary N) is 1. The molecule has 1 amide bonds. The van der Waals surface area contributed by atoms with Gasteiger partial charge in [0.2, 0.25) is 11.8 Å². The third-order valence-corrected chi connectivity index (χ3v) is 4.54. The molecule has 0 spiro atoms. The Bertz CT molecular complexity index is 948. The van der Waals surface area contributed by atoms with Crippen molar-refractivity contribution in [2.45, 2.75) is 33.2 Å². The van der Waals surface area contributed by atoms with Crippen molar-refractivity contribution in [2.24, 2.45) is 5.41 Å². The molecule has 1 heterocycles. The van der Waals surface area contributed by atoms with Crippen LogP contribution in [0.5, 0.6) is 5.75 Å². The molecular weight excluding hydrogens is 371 g/mol. The molecule has 0 aliphatic heterocycles. The Hall–Kier alpha value is -3.15. The highest BCUT2D eigenvalue weighted by molar-refractivity contribution is 5.78.